The van der Waals surface area contributed by atoms with Gasteiger partial charge in [-0.05, 0) is 0 Å². The van der Waals surface area contributed by atoms with Gasteiger partial charge >= 0.3 is 11.9 Å². The summed E-state index contributed by atoms with van der Waals surface area (Å²) in [6.45, 7) is 6.62. The Morgan fingerprint density at radius 1 is 1.12 bits per heavy atom. The van der Waals surface area contributed by atoms with Crippen LogP contribution >= 0.6 is 0 Å². The van der Waals surface area contributed by atoms with Crippen LogP contribution in [-0.4, -0.2) is 74.5 Å². The van der Waals surface area contributed by atoms with Crippen molar-refractivity contribution in [2.75, 3.05) is 40.5 Å². The molecule has 0 aromatic rings. The van der Waals surface area contributed by atoms with Gasteiger partial charge in [0.05, 0.1) is 33.5 Å². The van der Waals surface area contributed by atoms with E-state index < -0.39 is 16.5 Å². The minimum Gasteiger partial charge on any atom is -0.467 e. The molecular formula is C16H23N3O5. The van der Waals surface area contributed by atoms with Crippen LogP contribution in [0.3, 0.4) is 0 Å². The van der Waals surface area contributed by atoms with Gasteiger partial charge in [-0.1, -0.05) is 13.8 Å². The van der Waals surface area contributed by atoms with Crippen molar-refractivity contribution in [3.63, 3.8) is 0 Å². The fraction of sp³-hybridized carbons (Fsp3) is 0.875. The van der Waals surface area contributed by atoms with E-state index in [1.54, 1.807) is 0 Å². The summed E-state index contributed by atoms with van der Waals surface area (Å²) in [6.07, 6.45) is 0. The Bertz CT molecular complexity index is 633. The molecule has 2 aliphatic carbocycles. The first kappa shape index (κ1) is 16.0. The van der Waals surface area contributed by atoms with Crippen molar-refractivity contribution in [2.45, 2.75) is 31.0 Å². The number of hydrogen-bond acceptors (Lipinski definition) is 8. The molecule has 3 heterocycles. The number of methoxy groups -OCH3 is 2. The molecule has 0 N–H and O–H groups in total. The van der Waals surface area contributed by atoms with Gasteiger partial charge in [-0.25, -0.2) is 9.59 Å². The van der Waals surface area contributed by atoms with Crippen LogP contribution in [0.1, 0.15) is 13.8 Å². The van der Waals surface area contributed by atoms with Crippen LogP contribution in [0.5, 0.6) is 0 Å². The zero-order chi connectivity index (χ0) is 17.3. The van der Waals surface area contributed by atoms with E-state index in [1.807, 2.05) is 13.8 Å². The molecule has 5 rings (SSSR count). The molecular weight excluding hydrogens is 314 g/mol. The third-order valence-corrected chi connectivity index (χ3v) is 6.81. The lowest BCUT2D eigenvalue weighted by atomic mass is 9.73. The molecule has 2 saturated carbocycles. The van der Waals surface area contributed by atoms with Crippen LogP contribution in [-0.2, 0) is 23.8 Å². The molecule has 8 nitrogen and oxygen atoms in total. The molecule has 3 aliphatic heterocycles. The fourth-order valence-electron chi connectivity index (χ4n) is 5.89. The second-order valence-corrected chi connectivity index (χ2v) is 7.37. The van der Waals surface area contributed by atoms with Crippen molar-refractivity contribution in [3.05, 3.63) is 0 Å². The molecule has 0 aromatic carbocycles. The lowest BCUT2D eigenvalue weighted by Gasteiger charge is -2.48. The Labute approximate surface area is 140 Å². The fourth-order valence-corrected chi connectivity index (χ4v) is 5.89. The Kier molecular flexibility index (Phi) is 3.16. The maximum absolute atomic E-state index is 12.8. The zero-order valence-corrected chi connectivity index (χ0v) is 14.4. The number of morpholine rings is 1. The summed E-state index contributed by atoms with van der Waals surface area (Å²) in [5.41, 5.74) is -2.51. The summed E-state index contributed by atoms with van der Waals surface area (Å²) in [4.78, 5) is 27.5. The summed E-state index contributed by atoms with van der Waals surface area (Å²) < 4.78 is 15.6. The summed E-state index contributed by atoms with van der Waals surface area (Å²) in [6, 6.07) is -0.238. The predicted octanol–water partition coefficient (Wildman–Crippen LogP) is 0.262. The molecule has 6 atom stereocenters. The monoisotopic (exact) mass is 337 g/mol. The van der Waals surface area contributed by atoms with Crippen molar-refractivity contribution >= 4 is 11.9 Å². The molecule has 24 heavy (non-hydrogen) atoms. The van der Waals surface area contributed by atoms with Crippen LogP contribution in [0, 0.1) is 17.3 Å². The topological polar surface area (TPSA) is 89.8 Å². The summed E-state index contributed by atoms with van der Waals surface area (Å²) in [5.74, 6) is -0.939. The lowest BCUT2D eigenvalue weighted by Crippen LogP contribution is -2.66. The highest BCUT2D eigenvalue weighted by Crippen LogP contribution is 2.81. The number of esters is 2. The molecule has 4 bridgehead atoms. The van der Waals surface area contributed by atoms with Crippen LogP contribution in [0.25, 0.3) is 0 Å². The Balaban J connectivity index is 1.86. The average Bonchev–Trinajstić information content (AvgIpc) is 3.13. The van der Waals surface area contributed by atoms with Gasteiger partial charge in [0.1, 0.15) is 0 Å². The molecule has 5 aliphatic rings. The first-order chi connectivity index (χ1) is 11.4. The summed E-state index contributed by atoms with van der Waals surface area (Å²) in [7, 11) is 2.75. The van der Waals surface area contributed by atoms with Gasteiger partial charge in [-0.15, -0.1) is 0 Å². The number of azo groups is 1. The first-order valence-corrected chi connectivity index (χ1v) is 8.35. The van der Waals surface area contributed by atoms with Gasteiger partial charge in [0.25, 0.3) is 0 Å². The third kappa shape index (κ3) is 1.40. The third-order valence-electron chi connectivity index (χ3n) is 6.81. The van der Waals surface area contributed by atoms with Gasteiger partial charge in [-0.2, -0.15) is 10.2 Å². The highest BCUT2D eigenvalue weighted by atomic mass is 16.5. The van der Waals surface area contributed by atoms with Gasteiger partial charge in [0.2, 0.25) is 0 Å². The molecule has 8 heteroatoms. The standard InChI is InChI=1S/C16H23N3O5/c1-9-10-14(2)11(19-5-7-24-8-6-19)15(9,12(20)22-3)17-18-16(10,14)13(21)23-4/h9-11H,5-8H2,1-4H3/t9-,10+,11+,14+,15-,16-/m0/s1. The minimum atomic E-state index is -1.05. The second-order valence-electron chi connectivity index (χ2n) is 7.37. The van der Waals surface area contributed by atoms with Gasteiger partial charge in [-0.3, -0.25) is 4.90 Å². The van der Waals surface area contributed by atoms with Crippen LogP contribution < -0.4 is 0 Å². The Morgan fingerprint density at radius 2 is 1.75 bits per heavy atom. The first-order valence-electron chi connectivity index (χ1n) is 8.35. The van der Waals surface area contributed by atoms with Crippen LogP contribution in [0.15, 0.2) is 10.2 Å². The maximum Gasteiger partial charge on any atom is 0.337 e. The Hall–Kier alpha value is -1.54. The number of rotatable bonds is 3. The van der Waals surface area contributed by atoms with E-state index >= 15 is 0 Å². The molecule has 0 aromatic heterocycles. The van der Waals surface area contributed by atoms with E-state index in [1.165, 1.54) is 14.2 Å². The number of ether oxygens (including phenoxy) is 3. The van der Waals surface area contributed by atoms with E-state index in [-0.39, 0.29) is 29.8 Å². The van der Waals surface area contributed by atoms with Crippen molar-refractivity contribution in [3.8, 4) is 0 Å². The van der Waals surface area contributed by atoms with Crippen molar-refractivity contribution < 1.29 is 23.8 Å². The van der Waals surface area contributed by atoms with Crippen molar-refractivity contribution in [2.24, 2.45) is 27.5 Å². The zero-order valence-electron chi connectivity index (χ0n) is 14.4. The average molecular weight is 337 g/mol. The van der Waals surface area contributed by atoms with E-state index in [2.05, 4.69) is 15.1 Å². The van der Waals surface area contributed by atoms with E-state index in [0.717, 1.165) is 0 Å². The Morgan fingerprint density at radius 3 is 2.33 bits per heavy atom. The number of nitrogens with zero attached hydrogens (tertiary/aromatic N) is 3. The molecule has 132 valence electrons. The van der Waals surface area contributed by atoms with Gasteiger partial charge in [0.15, 0.2) is 11.1 Å². The molecule has 1 saturated heterocycles. The summed E-state index contributed by atoms with van der Waals surface area (Å²) in [5, 5.41) is 8.75. The molecule has 0 spiro atoms. The molecule has 0 unspecified atom stereocenters. The molecule has 0 radical (unpaired) electrons. The van der Waals surface area contributed by atoms with E-state index in [9.17, 15) is 9.59 Å². The van der Waals surface area contributed by atoms with E-state index in [4.69, 9.17) is 14.2 Å². The smallest absolute Gasteiger partial charge is 0.337 e. The number of carbonyl (C=O) groups excluding carboxylic acids is 2. The van der Waals surface area contributed by atoms with Gasteiger partial charge in [0, 0.05) is 30.3 Å². The molecule has 0 amide bonds. The van der Waals surface area contributed by atoms with Gasteiger partial charge < -0.3 is 14.2 Å². The predicted molar refractivity (Wildman–Crippen MR) is 81.3 cm³/mol. The van der Waals surface area contributed by atoms with Crippen molar-refractivity contribution in [1.29, 1.82) is 0 Å². The largest absolute Gasteiger partial charge is 0.467 e. The van der Waals surface area contributed by atoms with Crippen molar-refractivity contribution in [1.82, 2.24) is 4.90 Å². The highest BCUT2D eigenvalue weighted by Gasteiger charge is 2.95. The second kappa shape index (κ2) is 4.76. The SMILES string of the molecule is COC(=O)[C@]12N=N[C@]3(C(=O)OC)[C@H]([C@@H]1C)[C@]3(C)[C@H]2N1CCOCC1. The van der Waals surface area contributed by atoms with Crippen LogP contribution in [0.4, 0.5) is 0 Å². The van der Waals surface area contributed by atoms with E-state index in [0.29, 0.717) is 26.3 Å². The molecule has 3 fully saturated rings. The van der Waals surface area contributed by atoms with Crippen LogP contribution in [0.2, 0.25) is 0 Å². The summed E-state index contributed by atoms with van der Waals surface area (Å²) >= 11 is 0. The quantitative estimate of drug-likeness (QED) is 0.687. The number of carbonyl (C=O) groups is 2. The normalized spacial score (nSPS) is 48.9. The lowest BCUT2D eigenvalue weighted by molar-refractivity contribution is -0.161. The number of hydrogen-bond donors (Lipinski definition) is 0. The maximum atomic E-state index is 12.8. The highest BCUT2D eigenvalue weighted by molar-refractivity contribution is 5.94. The minimum absolute atomic E-state index is 0.0677.